The third kappa shape index (κ3) is 4.67. The maximum absolute atomic E-state index is 12.0. The molecule has 23 heavy (non-hydrogen) atoms. The van der Waals surface area contributed by atoms with Gasteiger partial charge < -0.3 is 14.7 Å². The van der Waals surface area contributed by atoms with Crippen molar-refractivity contribution < 1.29 is 14.1 Å². The third-order valence-electron chi connectivity index (χ3n) is 3.43. The lowest BCUT2D eigenvalue weighted by Crippen LogP contribution is -2.26. The number of nitrogens with zero attached hydrogens (tertiary/aromatic N) is 2. The molecule has 0 radical (unpaired) electrons. The fourth-order valence-corrected chi connectivity index (χ4v) is 1.99. The Morgan fingerprint density at radius 3 is 2.57 bits per heavy atom. The second kappa shape index (κ2) is 7.58. The molecule has 1 aromatic carbocycles. The van der Waals surface area contributed by atoms with E-state index in [4.69, 9.17) is 4.52 Å². The number of nitrogens with one attached hydrogen (secondary N) is 1. The summed E-state index contributed by atoms with van der Waals surface area (Å²) < 4.78 is 5.09. The molecule has 2 aromatic rings. The monoisotopic (exact) mass is 315 g/mol. The van der Waals surface area contributed by atoms with Gasteiger partial charge in [0.05, 0.1) is 0 Å². The third-order valence-corrected chi connectivity index (χ3v) is 3.43. The van der Waals surface area contributed by atoms with Crippen LogP contribution in [0.4, 0.5) is 0 Å². The summed E-state index contributed by atoms with van der Waals surface area (Å²) in [4.78, 5) is 24.9. The molecule has 0 atom stereocenters. The highest BCUT2D eigenvalue weighted by Gasteiger charge is 2.13. The summed E-state index contributed by atoms with van der Waals surface area (Å²) in [6.07, 6.45) is 0.986. The molecular weight excluding hydrogens is 294 g/mol. The topological polar surface area (TPSA) is 75.4 Å². The van der Waals surface area contributed by atoms with Gasteiger partial charge in [0.2, 0.25) is 11.7 Å². The molecule has 2 amide bonds. The molecule has 0 fully saturated rings. The number of amides is 2. The second-order valence-corrected chi connectivity index (χ2v) is 5.59. The van der Waals surface area contributed by atoms with Crippen molar-refractivity contribution in [2.24, 2.45) is 0 Å². The molecule has 0 spiro atoms. The molecule has 0 saturated carbocycles. The van der Waals surface area contributed by atoms with Crippen LogP contribution < -0.4 is 5.32 Å². The van der Waals surface area contributed by atoms with Crippen molar-refractivity contribution in [1.29, 1.82) is 0 Å². The van der Waals surface area contributed by atoms with E-state index in [-0.39, 0.29) is 17.6 Å². The van der Waals surface area contributed by atoms with Gasteiger partial charge in [0.15, 0.2) is 0 Å². The van der Waals surface area contributed by atoms with Crippen molar-refractivity contribution >= 4 is 11.8 Å². The lowest BCUT2D eigenvalue weighted by molar-refractivity contribution is -0.128. The van der Waals surface area contributed by atoms with Gasteiger partial charge in [-0.2, -0.15) is 0 Å². The molecular formula is C17H21N3O3. The Labute approximate surface area is 135 Å². The molecule has 0 aliphatic heterocycles. The SMILES string of the molecule is Cc1ccc(-c2cc(C(=O)NCCCC(=O)N(C)C)on2)cc1. The average molecular weight is 315 g/mol. The number of benzene rings is 1. The Bertz CT molecular complexity index is 675. The van der Waals surface area contributed by atoms with Gasteiger partial charge in [-0.25, -0.2) is 0 Å². The molecule has 6 heteroatoms. The quantitative estimate of drug-likeness (QED) is 0.830. The highest BCUT2D eigenvalue weighted by atomic mass is 16.5. The van der Waals surface area contributed by atoms with Crippen LogP contribution in [-0.2, 0) is 4.79 Å². The van der Waals surface area contributed by atoms with E-state index in [0.29, 0.717) is 25.1 Å². The number of hydrogen-bond donors (Lipinski definition) is 1. The Balaban J connectivity index is 1.86. The van der Waals surface area contributed by atoms with Crippen LogP contribution in [0.5, 0.6) is 0 Å². The minimum Gasteiger partial charge on any atom is -0.350 e. The molecule has 1 N–H and O–H groups in total. The van der Waals surface area contributed by atoms with E-state index in [2.05, 4.69) is 10.5 Å². The summed E-state index contributed by atoms with van der Waals surface area (Å²) in [5, 5.41) is 6.64. The number of carbonyl (C=O) groups excluding carboxylic acids is 2. The van der Waals surface area contributed by atoms with Crippen molar-refractivity contribution in [3.63, 3.8) is 0 Å². The maximum Gasteiger partial charge on any atom is 0.289 e. The van der Waals surface area contributed by atoms with Crippen molar-refractivity contribution in [2.75, 3.05) is 20.6 Å². The van der Waals surface area contributed by atoms with E-state index in [0.717, 1.165) is 11.1 Å². The molecule has 0 aliphatic rings. The van der Waals surface area contributed by atoms with Gasteiger partial charge in [-0.05, 0) is 13.3 Å². The number of aromatic nitrogens is 1. The summed E-state index contributed by atoms with van der Waals surface area (Å²) in [6.45, 7) is 2.42. The van der Waals surface area contributed by atoms with Gasteiger partial charge in [0.25, 0.3) is 5.91 Å². The standard InChI is InChI=1S/C17H21N3O3/c1-12-6-8-13(9-7-12)14-11-15(23-19-14)17(22)18-10-4-5-16(21)20(2)3/h6-9,11H,4-5,10H2,1-3H3,(H,18,22). The summed E-state index contributed by atoms with van der Waals surface area (Å²) in [7, 11) is 3.42. The van der Waals surface area contributed by atoms with Crippen LogP contribution in [0, 0.1) is 6.92 Å². The number of carbonyl (C=O) groups is 2. The van der Waals surface area contributed by atoms with Gasteiger partial charge in [-0.1, -0.05) is 35.0 Å². The Morgan fingerprint density at radius 2 is 1.91 bits per heavy atom. The van der Waals surface area contributed by atoms with Gasteiger partial charge in [-0.15, -0.1) is 0 Å². The van der Waals surface area contributed by atoms with Crippen molar-refractivity contribution in [3.05, 3.63) is 41.7 Å². The van der Waals surface area contributed by atoms with Crippen LogP contribution in [0.3, 0.4) is 0 Å². The second-order valence-electron chi connectivity index (χ2n) is 5.59. The molecule has 1 heterocycles. The number of aryl methyl sites for hydroxylation is 1. The van der Waals surface area contributed by atoms with E-state index < -0.39 is 0 Å². The first kappa shape index (κ1) is 16.7. The largest absolute Gasteiger partial charge is 0.350 e. The zero-order chi connectivity index (χ0) is 16.8. The summed E-state index contributed by atoms with van der Waals surface area (Å²) in [5.74, 6) is -0.117. The molecule has 0 saturated heterocycles. The summed E-state index contributed by atoms with van der Waals surface area (Å²) in [6, 6.07) is 9.44. The molecule has 2 rings (SSSR count). The average Bonchev–Trinajstić information content (AvgIpc) is 3.01. The van der Waals surface area contributed by atoms with E-state index in [9.17, 15) is 9.59 Å². The van der Waals surface area contributed by atoms with Crippen molar-refractivity contribution in [1.82, 2.24) is 15.4 Å². The van der Waals surface area contributed by atoms with Crippen LogP contribution in [-0.4, -0.2) is 42.5 Å². The van der Waals surface area contributed by atoms with Gasteiger partial charge in [-0.3, -0.25) is 9.59 Å². The Morgan fingerprint density at radius 1 is 1.22 bits per heavy atom. The van der Waals surface area contributed by atoms with Crippen molar-refractivity contribution in [3.8, 4) is 11.3 Å². The van der Waals surface area contributed by atoms with E-state index in [1.807, 2.05) is 31.2 Å². The molecule has 6 nitrogen and oxygen atoms in total. The number of hydrogen-bond acceptors (Lipinski definition) is 4. The summed E-state index contributed by atoms with van der Waals surface area (Å²) in [5.41, 5.74) is 2.68. The molecule has 1 aromatic heterocycles. The van der Waals surface area contributed by atoms with Crippen LogP contribution in [0.25, 0.3) is 11.3 Å². The highest BCUT2D eigenvalue weighted by Crippen LogP contribution is 2.19. The van der Waals surface area contributed by atoms with Crippen LogP contribution in [0.1, 0.15) is 29.0 Å². The normalized spacial score (nSPS) is 10.4. The Hall–Kier alpha value is -2.63. The smallest absolute Gasteiger partial charge is 0.289 e. The van der Waals surface area contributed by atoms with Gasteiger partial charge in [0.1, 0.15) is 5.69 Å². The molecule has 0 unspecified atom stereocenters. The molecule has 0 bridgehead atoms. The molecule has 0 aliphatic carbocycles. The van der Waals surface area contributed by atoms with Crippen LogP contribution in [0.2, 0.25) is 0 Å². The van der Waals surface area contributed by atoms with Gasteiger partial charge in [0, 0.05) is 38.7 Å². The zero-order valence-corrected chi connectivity index (χ0v) is 13.6. The first-order chi connectivity index (χ1) is 11.0. The molecule has 122 valence electrons. The first-order valence-electron chi connectivity index (χ1n) is 7.49. The summed E-state index contributed by atoms with van der Waals surface area (Å²) >= 11 is 0. The fraction of sp³-hybridized carbons (Fsp3) is 0.353. The van der Waals surface area contributed by atoms with E-state index in [1.54, 1.807) is 20.2 Å². The maximum atomic E-state index is 12.0. The Kier molecular flexibility index (Phi) is 5.51. The lowest BCUT2D eigenvalue weighted by Gasteiger charge is -2.09. The van der Waals surface area contributed by atoms with E-state index in [1.165, 1.54) is 4.90 Å². The predicted molar refractivity (Wildman–Crippen MR) is 86.9 cm³/mol. The van der Waals surface area contributed by atoms with Crippen molar-refractivity contribution in [2.45, 2.75) is 19.8 Å². The first-order valence-corrected chi connectivity index (χ1v) is 7.49. The predicted octanol–water partition coefficient (Wildman–Crippen LogP) is 2.25. The highest BCUT2D eigenvalue weighted by molar-refractivity contribution is 5.92. The van der Waals surface area contributed by atoms with Crippen LogP contribution in [0.15, 0.2) is 34.9 Å². The van der Waals surface area contributed by atoms with Crippen LogP contribution >= 0.6 is 0 Å². The van der Waals surface area contributed by atoms with E-state index >= 15 is 0 Å². The number of rotatable bonds is 6. The lowest BCUT2D eigenvalue weighted by atomic mass is 10.1. The fourth-order valence-electron chi connectivity index (χ4n) is 1.99. The minimum absolute atomic E-state index is 0.0422. The van der Waals surface area contributed by atoms with Gasteiger partial charge >= 0.3 is 0 Å². The zero-order valence-electron chi connectivity index (χ0n) is 13.6. The minimum atomic E-state index is -0.326.